The second-order valence-electron chi connectivity index (χ2n) is 6.25. The molecule has 1 saturated heterocycles. The number of carbonyl (C=O) groups excluding carboxylic acids is 1. The van der Waals surface area contributed by atoms with Crippen molar-refractivity contribution in [1.29, 1.82) is 0 Å². The van der Waals surface area contributed by atoms with E-state index in [0.717, 1.165) is 43.0 Å². The molecule has 1 amide bonds. The number of furan rings is 1. The van der Waals surface area contributed by atoms with Gasteiger partial charge in [-0.1, -0.05) is 0 Å². The lowest BCUT2D eigenvalue weighted by Gasteiger charge is -2.32. The lowest BCUT2D eigenvalue weighted by Crippen LogP contribution is -2.43. The molecule has 0 saturated carbocycles. The maximum atomic E-state index is 12.0. The first-order valence-corrected chi connectivity index (χ1v) is 8.29. The first-order valence-electron chi connectivity index (χ1n) is 8.29. The standard InChI is InChI=1S/C17H24N4O3/c1-12-4-7-24-16(12)17(22)18-5-3-15-11-21(6-8-23-15)10-14-9-13(2)19-20-14/h4,7,9,15H,3,5-6,8,10-11H2,1-2H3,(H,18,22)(H,19,20). The first kappa shape index (κ1) is 16.7. The highest BCUT2D eigenvalue weighted by molar-refractivity contribution is 5.92. The Bertz CT molecular complexity index is 679. The summed E-state index contributed by atoms with van der Waals surface area (Å²) in [5, 5.41) is 10.1. The van der Waals surface area contributed by atoms with E-state index in [1.165, 1.54) is 6.26 Å². The van der Waals surface area contributed by atoms with Crippen LogP contribution in [-0.2, 0) is 11.3 Å². The second kappa shape index (κ2) is 7.63. The number of hydrogen-bond donors (Lipinski definition) is 2. The fourth-order valence-electron chi connectivity index (χ4n) is 2.92. The van der Waals surface area contributed by atoms with E-state index in [9.17, 15) is 4.79 Å². The van der Waals surface area contributed by atoms with E-state index < -0.39 is 0 Å². The fourth-order valence-corrected chi connectivity index (χ4v) is 2.92. The van der Waals surface area contributed by atoms with E-state index in [0.29, 0.717) is 18.9 Å². The third kappa shape index (κ3) is 4.24. The summed E-state index contributed by atoms with van der Waals surface area (Å²) in [7, 11) is 0. The highest BCUT2D eigenvalue weighted by atomic mass is 16.5. The fraction of sp³-hybridized carbons (Fsp3) is 0.529. The summed E-state index contributed by atoms with van der Waals surface area (Å²) in [5.74, 6) is 0.215. The Balaban J connectivity index is 1.42. The van der Waals surface area contributed by atoms with E-state index in [1.807, 2.05) is 13.8 Å². The molecule has 3 heterocycles. The van der Waals surface area contributed by atoms with Gasteiger partial charge in [-0.25, -0.2) is 0 Å². The van der Waals surface area contributed by atoms with Crippen molar-refractivity contribution in [2.45, 2.75) is 32.9 Å². The number of H-pyrrole nitrogens is 1. The van der Waals surface area contributed by atoms with Gasteiger partial charge in [0.1, 0.15) is 0 Å². The lowest BCUT2D eigenvalue weighted by atomic mass is 10.2. The largest absolute Gasteiger partial charge is 0.459 e. The summed E-state index contributed by atoms with van der Waals surface area (Å²) in [6.45, 7) is 7.71. The molecule has 24 heavy (non-hydrogen) atoms. The van der Waals surface area contributed by atoms with Crippen molar-refractivity contribution in [3.05, 3.63) is 41.1 Å². The molecular weight excluding hydrogens is 308 g/mol. The van der Waals surface area contributed by atoms with Crippen LogP contribution in [0.1, 0.15) is 33.9 Å². The number of amides is 1. The zero-order valence-corrected chi connectivity index (χ0v) is 14.2. The molecule has 1 aliphatic rings. The van der Waals surface area contributed by atoms with E-state index in [4.69, 9.17) is 9.15 Å². The zero-order chi connectivity index (χ0) is 16.9. The van der Waals surface area contributed by atoms with Gasteiger partial charge in [-0.15, -0.1) is 0 Å². The third-order valence-electron chi connectivity index (χ3n) is 4.19. The summed E-state index contributed by atoms with van der Waals surface area (Å²) in [6, 6.07) is 3.85. The maximum Gasteiger partial charge on any atom is 0.287 e. The Labute approximate surface area is 141 Å². The molecule has 2 N–H and O–H groups in total. The van der Waals surface area contributed by atoms with E-state index in [2.05, 4.69) is 26.5 Å². The van der Waals surface area contributed by atoms with Gasteiger partial charge in [0.05, 0.1) is 24.7 Å². The minimum absolute atomic E-state index is 0.122. The normalized spacial score (nSPS) is 18.7. The molecule has 0 aliphatic carbocycles. The Morgan fingerprint density at radius 2 is 2.38 bits per heavy atom. The van der Waals surface area contributed by atoms with Crippen molar-refractivity contribution in [2.24, 2.45) is 0 Å². The van der Waals surface area contributed by atoms with Gasteiger partial charge in [0.25, 0.3) is 5.91 Å². The highest BCUT2D eigenvalue weighted by Gasteiger charge is 2.21. The molecule has 2 aromatic rings. The number of rotatable bonds is 6. The number of morpholine rings is 1. The average molecular weight is 332 g/mol. The number of hydrogen-bond acceptors (Lipinski definition) is 5. The zero-order valence-electron chi connectivity index (χ0n) is 14.2. The molecule has 1 aliphatic heterocycles. The number of aromatic nitrogens is 2. The van der Waals surface area contributed by atoms with Crippen molar-refractivity contribution < 1.29 is 13.9 Å². The van der Waals surface area contributed by atoms with Crippen LogP contribution in [0.2, 0.25) is 0 Å². The number of ether oxygens (including phenoxy) is 1. The van der Waals surface area contributed by atoms with Gasteiger partial charge in [-0.05, 0) is 32.4 Å². The van der Waals surface area contributed by atoms with Gasteiger partial charge >= 0.3 is 0 Å². The molecule has 1 fully saturated rings. The molecule has 3 rings (SSSR count). The SMILES string of the molecule is Cc1cc(CN2CCOC(CCNC(=O)c3occc3C)C2)n[nH]1. The average Bonchev–Trinajstić information content (AvgIpc) is 3.16. The molecule has 0 aromatic carbocycles. The second-order valence-corrected chi connectivity index (χ2v) is 6.25. The van der Waals surface area contributed by atoms with Crippen LogP contribution in [0.25, 0.3) is 0 Å². The predicted octanol–water partition coefficient (Wildman–Crippen LogP) is 1.64. The molecule has 0 bridgehead atoms. The first-order chi connectivity index (χ1) is 11.6. The minimum atomic E-state index is -0.169. The maximum absolute atomic E-state index is 12.0. The molecular formula is C17H24N4O3. The summed E-state index contributed by atoms with van der Waals surface area (Å²) in [4.78, 5) is 14.3. The Kier molecular flexibility index (Phi) is 5.32. The van der Waals surface area contributed by atoms with Crippen LogP contribution in [0.3, 0.4) is 0 Å². The number of aromatic amines is 1. The number of nitrogens with zero attached hydrogens (tertiary/aromatic N) is 2. The van der Waals surface area contributed by atoms with E-state index in [-0.39, 0.29) is 12.0 Å². The van der Waals surface area contributed by atoms with Crippen LogP contribution in [0.4, 0.5) is 0 Å². The van der Waals surface area contributed by atoms with Gasteiger partial charge in [0.2, 0.25) is 0 Å². The molecule has 1 atom stereocenters. The molecule has 7 nitrogen and oxygen atoms in total. The molecule has 0 spiro atoms. The summed E-state index contributed by atoms with van der Waals surface area (Å²) in [6.07, 6.45) is 2.43. The van der Waals surface area contributed by atoms with Gasteiger partial charge < -0.3 is 14.5 Å². The lowest BCUT2D eigenvalue weighted by molar-refractivity contribution is -0.0345. The molecule has 130 valence electrons. The molecule has 7 heteroatoms. The van der Waals surface area contributed by atoms with Crippen LogP contribution in [0.15, 0.2) is 22.8 Å². The monoisotopic (exact) mass is 332 g/mol. The summed E-state index contributed by atoms with van der Waals surface area (Å²) in [5.41, 5.74) is 2.97. The smallest absolute Gasteiger partial charge is 0.287 e. The molecule has 2 aromatic heterocycles. The van der Waals surface area contributed by atoms with Crippen LogP contribution < -0.4 is 5.32 Å². The molecule has 0 radical (unpaired) electrons. The van der Waals surface area contributed by atoms with E-state index >= 15 is 0 Å². The number of aryl methyl sites for hydroxylation is 2. The quantitative estimate of drug-likeness (QED) is 0.840. The van der Waals surface area contributed by atoms with Crippen molar-refractivity contribution in [3.63, 3.8) is 0 Å². The number of carbonyl (C=O) groups is 1. The van der Waals surface area contributed by atoms with Crippen LogP contribution in [-0.4, -0.2) is 53.3 Å². The highest BCUT2D eigenvalue weighted by Crippen LogP contribution is 2.12. The van der Waals surface area contributed by atoms with Crippen LogP contribution in [0.5, 0.6) is 0 Å². The van der Waals surface area contributed by atoms with Crippen molar-refractivity contribution in [1.82, 2.24) is 20.4 Å². The van der Waals surface area contributed by atoms with Gasteiger partial charge in [0, 0.05) is 37.4 Å². The van der Waals surface area contributed by atoms with Gasteiger partial charge in [0.15, 0.2) is 5.76 Å². The Hall–Kier alpha value is -2.12. The Morgan fingerprint density at radius 3 is 3.08 bits per heavy atom. The predicted molar refractivity (Wildman–Crippen MR) is 88.7 cm³/mol. The van der Waals surface area contributed by atoms with Crippen LogP contribution in [0, 0.1) is 13.8 Å². The topological polar surface area (TPSA) is 83.4 Å². The third-order valence-corrected chi connectivity index (χ3v) is 4.19. The number of nitrogens with one attached hydrogen (secondary N) is 2. The van der Waals surface area contributed by atoms with Crippen LogP contribution >= 0.6 is 0 Å². The minimum Gasteiger partial charge on any atom is -0.459 e. The van der Waals surface area contributed by atoms with Gasteiger partial charge in [-0.2, -0.15) is 5.10 Å². The molecule has 1 unspecified atom stereocenters. The summed E-state index contributed by atoms with van der Waals surface area (Å²) < 4.78 is 11.0. The van der Waals surface area contributed by atoms with Crippen molar-refractivity contribution in [2.75, 3.05) is 26.2 Å². The van der Waals surface area contributed by atoms with Gasteiger partial charge in [-0.3, -0.25) is 14.8 Å². The summed E-state index contributed by atoms with van der Waals surface area (Å²) >= 11 is 0. The van der Waals surface area contributed by atoms with Crippen molar-refractivity contribution in [3.8, 4) is 0 Å². The van der Waals surface area contributed by atoms with Crippen molar-refractivity contribution >= 4 is 5.91 Å². The van der Waals surface area contributed by atoms with E-state index in [1.54, 1.807) is 6.07 Å². The Morgan fingerprint density at radius 1 is 1.50 bits per heavy atom.